The number of hydrogen-bond donors (Lipinski definition) is 3. The number of esters is 3. The summed E-state index contributed by atoms with van der Waals surface area (Å²) in [5.41, 5.74) is -1.30. The van der Waals surface area contributed by atoms with Crippen LogP contribution >= 0.6 is 0 Å². The second-order valence-electron chi connectivity index (χ2n) is 16.9. The molecule has 0 aromatic rings. The highest BCUT2D eigenvalue weighted by Gasteiger charge is 2.50. The molecule has 15 heteroatoms. The second kappa shape index (κ2) is 20.0. The van der Waals surface area contributed by atoms with E-state index in [0.29, 0.717) is 12.0 Å². The van der Waals surface area contributed by atoms with Crippen molar-refractivity contribution in [3.63, 3.8) is 0 Å². The van der Waals surface area contributed by atoms with Crippen LogP contribution in [0.15, 0.2) is 11.6 Å². The summed E-state index contributed by atoms with van der Waals surface area (Å²) in [6.45, 7) is 20.9. The van der Waals surface area contributed by atoms with Crippen LogP contribution in [0.1, 0.15) is 103 Å². The molecular formula is C41H68O15. The van der Waals surface area contributed by atoms with E-state index in [1.807, 2.05) is 6.92 Å². The number of carbonyl (C=O) groups is 4. The van der Waals surface area contributed by atoms with Crippen molar-refractivity contribution in [2.45, 2.75) is 182 Å². The quantitative estimate of drug-likeness (QED) is 0.173. The van der Waals surface area contributed by atoms with Gasteiger partial charge in [0.2, 0.25) is 0 Å². The van der Waals surface area contributed by atoms with E-state index in [4.69, 9.17) is 37.9 Å². The fraction of sp³-hybridized carbons (Fsp3) is 0.854. The van der Waals surface area contributed by atoms with Crippen molar-refractivity contribution in [3.8, 4) is 0 Å². The molecule has 0 spiro atoms. The summed E-state index contributed by atoms with van der Waals surface area (Å²) < 4.78 is 48.6. The van der Waals surface area contributed by atoms with Gasteiger partial charge in [-0.15, -0.1) is 0 Å². The molecular weight excluding hydrogens is 732 g/mol. The lowest BCUT2D eigenvalue weighted by Crippen LogP contribution is -2.55. The van der Waals surface area contributed by atoms with Gasteiger partial charge >= 0.3 is 17.9 Å². The van der Waals surface area contributed by atoms with Gasteiger partial charge in [0.05, 0.1) is 48.5 Å². The number of methoxy groups -OCH3 is 1. The minimum absolute atomic E-state index is 0.141. The van der Waals surface area contributed by atoms with E-state index < -0.39 is 132 Å². The molecule has 0 bridgehead atoms. The van der Waals surface area contributed by atoms with Crippen LogP contribution in [0, 0.1) is 35.5 Å². The molecule has 0 amide bonds. The SMILES string of the molecule is CO[C@H]1C[C@@H](C)O[C@@H](OC2[C@@H](C)[C@H](O[C@H]3C=C(C)[C@H](OC(C)=O)[C@H](C)O3)[C@@H](C)C(=O)O[C@H]([C@@H](C)[C@H](C)O)[C@H](C)[C@H](OC(C)=O)[C@@H](C)C(=O)[C@@](C)(O)C[C@@H]2C)[C@@H]1O. The van der Waals surface area contributed by atoms with Gasteiger partial charge in [0.1, 0.15) is 30.0 Å². The first kappa shape index (κ1) is 47.9. The molecule has 15 nitrogen and oxygen atoms in total. The van der Waals surface area contributed by atoms with Crippen LogP contribution in [0.2, 0.25) is 0 Å². The molecule has 322 valence electrons. The van der Waals surface area contributed by atoms with E-state index in [1.165, 1.54) is 27.9 Å². The first-order valence-electron chi connectivity index (χ1n) is 19.9. The molecule has 3 N–H and O–H groups in total. The molecule has 0 aliphatic carbocycles. The zero-order chi connectivity index (χ0) is 42.6. The summed E-state index contributed by atoms with van der Waals surface area (Å²) in [5, 5.41) is 34.1. The number of ether oxygens (including phenoxy) is 8. The van der Waals surface area contributed by atoms with Crippen LogP contribution in [0.25, 0.3) is 0 Å². The van der Waals surface area contributed by atoms with Crippen molar-refractivity contribution >= 4 is 23.7 Å². The van der Waals surface area contributed by atoms with Crippen molar-refractivity contribution in [1.82, 2.24) is 0 Å². The van der Waals surface area contributed by atoms with Crippen molar-refractivity contribution in [3.05, 3.63) is 11.6 Å². The van der Waals surface area contributed by atoms with Gasteiger partial charge < -0.3 is 53.2 Å². The van der Waals surface area contributed by atoms with Crippen LogP contribution in [0.3, 0.4) is 0 Å². The average Bonchev–Trinajstić information content (AvgIpc) is 3.10. The van der Waals surface area contributed by atoms with Gasteiger partial charge in [-0.2, -0.15) is 0 Å². The predicted octanol–water partition coefficient (Wildman–Crippen LogP) is 3.66. The summed E-state index contributed by atoms with van der Waals surface area (Å²) in [6.07, 6.45) is -8.88. The third-order valence-electron chi connectivity index (χ3n) is 11.9. The molecule has 0 aromatic heterocycles. The lowest BCUT2D eigenvalue weighted by atomic mass is 9.74. The van der Waals surface area contributed by atoms with Crippen molar-refractivity contribution in [2.24, 2.45) is 35.5 Å². The van der Waals surface area contributed by atoms with Gasteiger partial charge in [-0.25, -0.2) is 0 Å². The second-order valence-corrected chi connectivity index (χ2v) is 16.9. The molecule has 3 aliphatic heterocycles. The van der Waals surface area contributed by atoms with E-state index >= 15 is 0 Å². The van der Waals surface area contributed by atoms with E-state index in [9.17, 15) is 34.5 Å². The maximum absolute atomic E-state index is 14.5. The van der Waals surface area contributed by atoms with E-state index in [-0.39, 0.29) is 12.5 Å². The molecule has 0 aromatic carbocycles. The number of aliphatic hydroxyl groups excluding tert-OH is 2. The molecule has 56 heavy (non-hydrogen) atoms. The van der Waals surface area contributed by atoms with E-state index in [0.717, 1.165) is 0 Å². The Morgan fingerprint density at radius 2 is 1.50 bits per heavy atom. The zero-order valence-corrected chi connectivity index (χ0v) is 35.6. The third-order valence-corrected chi connectivity index (χ3v) is 11.9. The molecule has 3 aliphatic rings. The number of carbonyl (C=O) groups excluding carboxylic acids is 4. The number of hydrogen-bond acceptors (Lipinski definition) is 15. The van der Waals surface area contributed by atoms with Crippen molar-refractivity contribution in [2.75, 3.05) is 7.11 Å². The Balaban J connectivity index is 2.23. The molecule has 3 heterocycles. The molecule has 19 atom stereocenters. The van der Waals surface area contributed by atoms with E-state index in [1.54, 1.807) is 68.4 Å². The molecule has 0 radical (unpaired) electrons. The van der Waals surface area contributed by atoms with Gasteiger partial charge in [-0.05, 0) is 65.5 Å². The maximum Gasteiger partial charge on any atom is 0.311 e. The fourth-order valence-corrected chi connectivity index (χ4v) is 8.64. The average molecular weight is 801 g/mol. The largest absolute Gasteiger partial charge is 0.461 e. The fourth-order valence-electron chi connectivity index (χ4n) is 8.64. The Morgan fingerprint density at radius 1 is 0.893 bits per heavy atom. The van der Waals surface area contributed by atoms with Crippen LogP contribution in [0.5, 0.6) is 0 Å². The van der Waals surface area contributed by atoms with E-state index in [2.05, 4.69) is 0 Å². The van der Waals surface area contributed by atoms with Gasteiger partial charge in [-0.1, -0.05) is 34.6 Å². The van der Waals surface area contributed by atoms with Crippen LogP contribution in [-0.2, 0) is 57.1 Å². The summed E-state index contributed by atoms with van der Waals surface area (Å²) in [6, 6.07) is 0. The number of Topliss-reactive ketones (excluding diaryl/α,β-unsaturated/α-hetero) is 1. The first-order chi connectivity index (χ1) is 25.9. The smallest absolute Gasteiger partial charge is 0.311 e. The topological polar surface area (TPSA) is 203 Å². The maximum atomic E-state index is 14.5. The normalized spacial score (nSPS) is 43.1. The number of rotatable bonds is 9. The minimum Gasteiger partial charge on any atom is -0.461 e. The van der Waals surface area contributed by atoms with Gasteiger partial charge in [-0.3, -0.25) is 19.2 Å². The van der Waals surface area contributed by atoms with Gasteiger partial charge in [0.25, 0.3) is 0 Å². The monoisotopic (exact) mass is 800 g/mol. The number of cyclic esters (lactones) is 1. The molecule has 3 rings (SSSR count). The highest BCUT2D eigenvalue weighted by molar-refractivity contribution is 5.89. The first-order valence-corrected chi connectivity index (χ1v) is 19.9. The van der Waals surface area contributed by atoms with Crippen molar-refractivity contribution in [1.29, 1.82) is 0 Å². The minimum atomic E-state index is -1.98. The lowest BCUT2D eigenvalue weighted by Gasteiger charge is -2.45. The standard InChI is InChI=1S/C41H68O15/c1-18-15-31(51-27(10)34(18)52-28(11)43)54-37-22(5)33(56-40-32(45)30(49-14)16-20(3)50-40)19(2)17-41(13,48)38(46)24(7)36(53-29(12)44)23(6)35(21(4)26(9)42)55-39(47)25(37)8/h15,19-27,30-37,40,42,45,48H,16-17H2,1-14H3/t19-,20+,21-,22+,23-,24+,25+,26-,27-,30-,31-,32+,33?,34-,35+,36-,37-,40-,41-/m0/s1. The summed E-state index contributed by atoms with van der Waals surface area (Å²) in [7, 11) is 1.49. The summed E-state index contributed by atoms with van der Waals surface area (Å²) >= 11 is 0. The Labute approximate surface area is 332 Å². The Kier molecular flexibility index (Phi) is 17.1. The highest BCUT2D eigenvalue weighted by atomic mass is 16.7. The lowest BCUT2D eigenvalue weighted by molar-refractivity contribution is -0.298. The zero-order valence-electron chi connectivity index (χ0n) is 35.6. The van der Waals surface area contributed by atoms with Gasteiger partial charge in [0, 0.05) is 45.1 Å². The molecule has 0 saturated carbocycles. The Bertz CT molecular complexity index is 1380. The Hall–Kier alpha value is -2.50. The van der Waals surface area contributed by atoms with Crippen LogP contribution in [0.4, 0.5) is 0 Å². The highest BCUT2D eigenvalue weighted by Crippen LogP contribution is 2.39. The predicted molar refractivity (Wildman–Crippen MR) is 201 cm³/mol. The van der Waals surface area contributed by atoms with Crippen LogP contribution in [-0.4, -0.2) is 125 Å². The van der Waals surface area contributed by atoms with Gasteiger partial charge in [0.15, 0.2) is 18.4 Å². The third kappa shape index (κ3) is 11.6. The summed E-state index contributed by atoms with van der Waals surface area (Å²) in [4.78, 5) is 53.1. The number of aliphatic hydroxyl groups is 3. The van der Waals surface area contributed by atoms with Crippen molar-refractivity contribution < 1.29 is 72.4 Å². The Morgan fingerprint density at radius 3 is 2.04 bits per heavy atom. The van der Waals surface area contributed by atoms with Crippen LogP contribution < -0.4 is 0 Å². The number of ketones is 1. The molecule has 2 saturated heterocycles. The molecule has 2 fully saturated rings. The molecule has 1 unspecified atom stereocenters. The summed E-state index contributed by atoms with van der Waals surface area (Å²) in [5.74, 6) is -7.44.